The standard InChI is InChI=1S/C15H22FNS/c16-14-6-8-15(9-7-14)18-13-5-4-12-17-10-2-1-3-11-17/h6-9H,1-5,10-13H2. The summed E-state index contributed by atoms with van der Waals surface area (Å²) in [5.41, 5.74) is 0. The molecule has 0 unspecified atom stereocenters. The van der Waals surface area contributed by atoms with E-state index in [0.717, 1.165) is 5.75 Å². The number of thioether (sulfide) groups is 1. The second kappa shape index (κ2) is 7.80. The topological polar surface area (TPSA) is 3.24 Å². The summed E-state index contributed by atoms with van der Waals surface area (Å²) in [6.07, 6.45) is 6.71. The predicted molar refractivity (Wildman–Crippen MR) is 76.6 cm³/mol. The maximum atomic E-state index is 12.7. The van der Waals surface area contributed by atoms with Crippen molar-refractivity contribution in [2.45, 2.75) is 37.0 Å². The molecule has 1 aliphatic rings. The van der Waals surface area contributed by atoms with Gasteiger partial charge in [-0.05, 0) is 75.3 Å². The lowest BCUT2D eigenvalue weighted by Gasteiger charge is -2.26. The number of hydrogen-bond donors (Lipinski definition) is 0. The molecule has 0 spiro atoms. The Kier molecular flexibility index (Phi) is 6.01. The molecule has 1 fully saturated rings. The van der Waals surface area contributed by atoms with E-state index < -0.39 is 0 Å². The van der Waals surface area contributed by atoms with Gasteiger partial charge < -0.3 is 4.90 Å². The van der Waals surface area contributed by atoms with Crippen molar-refractivity contribution in [3.63, 3.8) is 0 Å². The van der Waals surface area contributed by atoms with Crippen LogP contribution in [0.15, 0.2) is 29.2 Å². The van der Waals surface area contributed by atoms with Gasteiger partial charge in [-0.1, -0.05) is 6.42 Å². The molecule has 1 nitrogen and oxygen atoms in total. The average molecular weight is 267 g/mol. The van der Waals surface area contributed by atoms with E-state index >= 15 is 0 Å². The molecule has 100 valence electrons. The Morgan fingerprint density at radius 1 is 1.00 bits per heavy atom. The summed E-state index contributed by atoms with van der Waals surface area (Å²) in [6, 6.07) is 6.81. The molecule has 1 aromatic rings. The Labute approximate surface area is 114 Å². The average Bonchev–Trinajstić information content (AvgIpc) is 2.42. The molecule has 0 saturated carbocycles. The summed E-state index contributed by atoms with van der Waals surface area (Å²) < 4.78 is 12.7. The zero-order chi connectivity index (χ0) is 12.6. The number of halogens is 1. The molecule has 1 aromatic carbocycles. The third-order valence-corrected chi connectivity index (χ3v) is 4.50. The Hall–Kier alpha value is -0.540. The molecule has 18 heavy (non-hydrogen) atoms. The van der Waals surface area contributed by atoms with E-state index in [2.05, 4.69) is 4.90 Å². The number of likely N-dealkylation sites (tertiary alicyclic amines) is 1. The lowest BCUT2D eigenvalue weighted by Crippen LogP contribution is -2.30. The van der Waals surface area contributed by atoms with Crippen LogP contribution < -0.4 is 0 Å². The minimum atomic E-state index is -0.149. The van der Waals surface area contributed by atoms with Gasteiger partial charge >= 0.3 is 0 Å². The van der Waals surface area contributed by atoms with Gasteiger partial charge in [0.15, 0.2) is 0 Å². The fourth-order valence-corrected chi connectivity index (χ4v) is 3.25. The van der Waals surface area contributed by atoms with E-state index in [1.54, 1.807) is 0 Å². The van der Waals surface area contributed by atoms with Gasteiger partial charge in [-0.25, -0.2) is 4.39 Å². The van der Waals surface area contributed by atoms with Gasteiger partial charge in [0.1, 0.15) is 5.82 Å². The monoisotopic (exact) mass is 267 g/mol. The number of benzene rings is 1. The highest BCUT2D eigenvalue weighted by Crippen LogP contribution is 2.19. The molecular formula is C15H22FNS. The van der Waals surface area contributed by atoms with Crippen LogP contribution in [0, 0.1) is 5.82 Å². The van der Waals surface area contributed by atoms with Gasteiger partial charge in [-0.3, -0.25) is 0 Å². The highest BCUT2D eigenvalue weighted by Gasteiger charge is 2.08. The molecule has 0 atom stereocenters. The first-order valence-electron chi connectivity index (χ1n) is 6.95. The number of unbranched alkanes of at least 4 members (excludes halogenated alkanes) is 1. The van der Waals surface area contributed by atoms with Crippen LogP contribution in [-0.4, -0.2) is 30.3 Å². The summed E-state index contributed by atoms with van der Waals surface area (Å²) in [4.78, 5) is 3.76. The largest absolute Gasteiger partial charge is 0.303 e. The summed E-state index contributed by atoms with van der Waals surface area (Å²) >= 11 is 1.83. The van der Waals surface area contributed by atoms with Crippen LogP contribution in [0.25, 0.3) is 0 Å². The first kappa shape index (κ1) is 13.9. The second-order valence-electron chi connectivity index (χ2n) is 4.91. The minimum absolute atomic E-state index is 0.149. The zero-order valence-electron chi connectivity index (χ0n) is 10.9. The predicted octanol–water partition coefficient (Wildman–Crippen LogP) is 4.18. The van der Waals surface area contributed by atoms with E-state index in [1.165, 1.54) is 68.8 Å². The van der Waals surface area contributed by atoms with Crippen molar-refractivity contribution in [2.24, 2.45) is 0 Å². The number of piperidine rings is 1. The highest BCUT2D eigenvalue weighted by atomic mass is 32.2. The third kappa shape index (κ3) is 4.99. The fourth-order valence-electron chi connectivity index (χ4n) is 2.34. The molecule has 2 rings (SSSR count). The van der Waals surface area contributed by atoms with Crippen LogP contribution in [0.2, 0.25) is 0 Å². The molecule has 0 N–H and O–H groups in total. The number of nitrogens with zero attached hydrogens (tertiary/aromatic N) is 1. The van der Waals surface area contributed by atoms with E-state index in [4.69, 9.17) is 0 Å². The molecule has 3 heteroatoms. The van der Waals surface area contributed by atoms with Gasteiger partial charge in [0.05, 0.1) is 0 Å². The maximum absolute atomic E-state index is 12.7. The van der Waals surface area contributed by atoms with E-state index in [1.807, 2.05) is 23.9 Å². The summed E-state index contributed by atoms with van der Waals surface area (Å²) in [5, 5.41) is 0. The van der Waals surface area contributed by atoms with Crippen LogP contribution in [-0.2, 0) is 0 Å². The lowest BCUT2D eigenvalue weighted by molar-refractivity contribution is 0.226. The molecule has 0 aliphatic carbocycles. The molecule has 0 bridgehead atoms. The quantitative estimate of drug-likeness (QED) is 0.562. The number of rotatable bonds is 6. The normalized spacial score (nSPS) is 16.9. The van der Waals surface area contributed by atoms with Crippen LogP contribution in [0.5, 0.6) is 0 Å². The van der Waals surface area contributed by atoms with Gasteiger partial charge in [0, 0.05) is 4.90 Å². The van der Waals surface area contributed by atoms with Gasteiger partial charge in [0.25, 0.3) is 0 Å². The third-order valence-electron chi connectivity index (χ3n) is 3.40. The van der Waals surface area contributed by atoms with Crippen molar-refractivity contribution >= 4 is 11.8 Å². The van der Waals surface area contributed by atoms with Crippen LogP contribution in [0.4, 0.5) is 4.39 Å². The summed E-state index contributed by atoms with van der Waals surface area (Å²) in [5.74, 6) is 0.990. The maximum Gasteiger partial charge on any atom is 0.123 e. The van der Waals surface area contributed by atoms with Crippen molar-refractivity contribution in [3.8, 4) is 0 Å². The fraction of sp³-hybridized carbons (Fsp3) is 0.600. The van der Waals surface area contributed by atoms with Crippen molar-refractivity contribution < 1.29 is 4.39 Å². The SMILES string of the molecule is Fc1ccc(SCCCCN2CCCCC2)cc1. The Bertz CT molecular complexity index is 333. The first-order valence-corrected chi connectivity index (χ1v) is 7.94. The van der Waals surface area contributed by atoms with Gasteiger partial charge in [-0.2, -0.15) is 0 Å². The smallest absolute Gasteiger partial charge is 0.123 e. The molecular weight excluding hydrogens is 245 g/mol. The van der Waals surface area contributed by atoms with Crippen LogP contribution >= 0.6 is 11.8 Å². The van der Waals surface area contributed by atoms with Crippen molar-refractivity contribution in [3.05, 3.63) is 30.1 Å². The van der Waals surface area contributed by atoms with Gasteiger partial charge in [-0.15, -0.1) is 11.8 Å². The molecule has 1 saturated heterocycles. The zero-order valence-corrected chi connectivity index (χ0v) is 11.7. The van der Waals surface area contributed by atoms with Crippen LogP contribution in [0.1, 0.15) is 32.1 Å². The van der Waals surface area contributed by atoms with E-state index in [0.29, 0.717) is 0 Å². The number of hydrogen-bond acceptors (Lipinski definition) is 2. The molecule has 0 radical (unpaired) electrons. The summed E-state index contributed by atoms with van der Waals surface area (Å²) in [7, 11) is 0. The molecule has 1 aliphatic heterocycles. The first-order chi connectivity index (χ1) is 8.84. The van der Waals surface area contributed by atoms with Crippen molar-refractivity contribution in [1.82, 2.24) is 4.90 Å². The van der Waals surface area contributed by atoms with Crippen molar-refractivity contribution in [1.29, 1.82) is 0 Å². The Balaban J connectivity index is 1.54. The molecule has 1 heterocycles. The van der Waals surface area contributed by atoms with Crippen molar-refractivity contribution in [2.75, 3.05) is 25.4 Å². The molecule has 0 aromatic heterocycles. The van der Waals surface area contributed by atoms with Gasteiger partial charge in [0.2, 0.25) is 0 Å². The molecule has 0 amide bonds. The minimum Gasteiger partial charge on any atom is -0.303 e. The van der Waals surface area contributed by atoms with E-state index in [-0.39, 0.29) is 5.82 Å². The summed E-state index contributed by atoms with van der Waals surface area (Å²) in [6.45, 7) is 3.85. The highest BCUT2D eigenvalue weighted by molar-refractivity contribution is 7.99. The lowest BCUT2D eigenvalue weighted by atomic mass is 10.1. The Morgan fingerprint density at radius 3 is 2.44 bits per heavy atom. The Morgan fingerprint density at radius 2 is 1.72 bits per heavy atom. The second-order valence-corrected chi connectivity index (χ2v) is 6.08. The van der Waals surface area contributed by atoms with E-state index in [9.17, 15) is 4.39 Å². The van der Waals surface area contributed by atoms with Crippen LogP contribution in [0.3, 0.4) is 0 Å².